The molecule has 2 rings (SSSR count). The number of benzene rings is 1. The number of hydrogen-bond donors (Lipinski definition) is 2. The van der Waals surface area contributed by atoms with Crippen molar-refractivity contribution in [1.29, 1.82) is 0 Å². The van der Waals surface area contributed by atoms with Crippen molar-refractivity contribution in [2.75, 3.05) is 66.4 Å². The van der Waals surface area contributed by atoms with Crippen molar-refractivity contribution < 1.29 is 9.47 Å². The van der Waals surface area contributed by atoms with Gasteiger partial charge in [-0.3, -0.25) is 4.99 Å². The van der Waals surface area contributed by atoms with Crippen LogP contribution in [0.4, 0.5) is 5.69 Å². The minimum atomic E-state index is 0. The summed E-state index contributed by atoms with van der Waals surface area (Å²) in [4.78, 5) is 8.98. The summed E-state index contributed by atoms with van der Waals surface area (Å²) in [6.07, 6.45) is 1.06. The van der Waals surface area contributed by atoms with Crippen LogP contribution >= 0.6 is 24.0 Å². The summed E-state index contributed by atoms with van der Waals surface area (Å²) in [5.41, 5.74) is 1.29. The summed E-state index contributed by atoms with van der Waals surface area (Å²) < 4.78 is 10.8. The Bertz CT molecular complexity index is 644. The molecule has 0 amide bonds. The van der Waals surface area contributed by atoms with Crippen molar-refractivity contribution in [3.63, 3.8) is 0 Å². The van der Waals surface area contributed by atoms with Crippen molar-refractivity contribution in [2.45, 2.75) is 26.3 Å². The fourth-order valence-electron chi connectivity index (χ4n) is 3.71. The van der Waals surface area contributed by atoms with Gasteiger partial charge >= 0.3 is 0 Å². The summed E-state index contributed by atoms with van der Waals surface area (Å²) in [6, 6.07) is 6.36. The first kappa shape index (κ1) is 25.6. The molecule has 1 aliphatic heterocycles. The number of aliphatic imine (C=N–C) groups is 1. The SMILES string of the molecule is CN=C(NCC(C)(C)CN(C)C)NC1CCN(c2cc(OC)cc(OC)c2)C1.I. The van der Waals surface area contributed by atoms with Crippen molar-refractivity contribution in [3.05, 3.63) is 18.2 Å². The number of nitrogens with one attached hydrogen (secondary N) is 2. The smallest absolute Gasteiger partial charge is 0.191 e. The Balaban J connectivity index is 0.00000420. The van der Waals surface area contributed by atoms with Crippen molar-refractivity contribution >= 4 is 35.6 Å². The van der Waals surface area contributed by atoms with Gasteiger partial charge in [-0.1, -0.05) is 13.8 Å². The molecule has 1 saturated heterocycles. The highest BCUT2D eigenvalue weighted by Gasteiger charge is 2.25. The van der Waals surface area contributed by atoms with E-state index in [4.69, 9.17) is 9.47 Å². The molecule has 0 aromatic heterocycles. The third-order valence-corrected chi connectivity index (χ3v) is 4.93. The van der Waals surface area contributed by atoms with Crippen LogP contribution in [0.1, 0.15) is 20.3 Å². The van der Waals surface area contributed by atoms with Gasteiger partial charge < -0.3 is 29.9 Å². The molecular weight excluding hydrogens is 481 g/mol. The Morgan fingerprint density at radius 3 is 2.34 bits per heavy atom. The van der Waals surface area contributed by atoms with Crippen LogP contribution < -0.4 is 25.0 Å². The lowest BCUT2D eigenvalue weighted by molar-refractivity contribution is 0.241. The zero-order valence-corrected chi connectivity index (χ0v) is 21.2. The van der Waals surface area contributed by atoms with E-state index >= 15 is 0 Å². The van der Waals surface area contributed by atoms with Crippen LogP contribution in [0, 0.1) is 5.41 Å². The van der Waals surface area contributed by atoms with Crippen LogP contribution in [0.5, 0.6) is 11.5 Å². The number of hydrogen-bond acceptors (Lipinski definition) is 5. The first-order chi connectivity index (χ1) is 13.3. The van der Waals surface area contributed by atoms with E-state index in [0.717, 1.165) is 55.7 Å². The van der Waals surface area contributed by atoms with Crippen LogP contribution in [-0.4, -0.2) is 78.4 Å². The number of ether oxygens (including phenoxy) is 2. The Morgan fingerprint density at radius 1 is 1.21 bits per heavy atom. The standard InChI is InChI=1S/C21H37N5O2.HI/c1-21(2,15-25(4)5)14-23-20(22-3)24-16-8-9-26(13-16)17-10-18(27-6)12-19(11-17)28-7;/h10-12,16H,8-9,13-15H2,1-7H3,(H2,22,23,24);1H. The molecule has 0 bridgehead atoms. The minimum Gasteiger partial charge on any atom is -0.497 e. The zero-order chi connectivity index (χ0) is 20.7. The van der Waals surface area contributed by atoms with Gasteiger partial charge in [0.25, 0.3) is 0 Å². The minimum absolute atomic E-state index is 0. The molecule has 29 heavy (non-hydrogen) atoms. The lowest BCUT2D eigenvalue weighted by Gasteiger charge is -2.29. The van der Waals surface area contributed by atoms with E-state index in [1.54, 1.807) is 14.2 Å². The molecule has 1 aromatic carbocycles. The van der Waals surface area contributed by atoms with E-state index in [1.807, 2.05) is 13.1 Å². The average Bonchev–Trinajstić information content (AvgIpc) is 3.12. The van der Waals surface area contributed by atoms with Gasteiger partial charge in [0.15, 0.2) is 5.96 Å². The highest BCUT2D eigenvalue weighted by atomic mass is 127. The molecule has 1 fully saturated rings. The van der Waals surface area contributed by atoms with E-state index in [1.165, 1.54) is 0 Å². The molecule has 7 nitrogen and oxygen atoms in total. The Hall–Kier alpha value is -1.42. The van der Waals surface area contributed by atoms with Gasteiger partial charge in [-0.05, 0) is 25.9 Å². The van der Waals surface area contributed by atoms with Gasteiger partial charge in [-0.2, -0.15) is 0 Å². The van der Waals surface area contributed by atoms with Crippen LogP contribution in [0.2, 0.25) is 0 Å². The van der Waals surface area contributed by atoms with E-state index < -0.39 is 0 Å². The number of guanidine groups is 1. The summed E-state index contributed by atoms with van der Waals surface area (Å²) in [6.45, 7) is 8.32. The number of methoxy groups -OCH3 is 2. The molecule has 1 atom stereocenters. The number of nitrogens with zero attached hydrogens (tertiary/aromatic N) is 3. The number of anilines is 1. The van der Waals surface area contributed by atoms with E-state index in [9.17, 15) is 0 Å². The number of halogens is 1. The van der Waals surface area contributed by atoms with Gasteiger partial charge in [0.1, 0.15) is 11.5 Å². The third-order valence-electron chi connectivity index (χ3n) is 4.93. The van der Waals surface area contributed by atoms with Gasteiger partial charge in [-0.25, -0.2) is 0 Å². The van der Waals surface area contributed by atoms with Crippen LogP contribution in [0.25, 0.3) is 0 Å². The summed E-state index contributed by atoms with van der Waals surface area (Å²) in [7, 11) is 9.40. The molecule has 0 saturated carbocycles. The van der Waals surface area contributed by atoms with E-state index in [0.29, 0.717) is 6.04 Å². The second-order valence-electron chi connectivity index (χ2n) is 8.47. The first-order valence-electron chi connectivity index (χ1n) is 9.86. The van der Waals surface area contributed by atoms with Crippen molar-refractivity contribution in [2.24, 2.45) is 10.4 Å². The van der Waals surface area contributed by atoms with Crippen LogP contribution in [-0.2, 0) is 0 Å². The monoisotopic (exact) mass is 519 g/mol. The van der Waals surface area contributed by atoms with Gasteiger partial charge in [0.05, 0.1) is 14.2 Å². The fraction of sp³-hybridized carbons (Fsp3) is 0.667. The predicted molar refractivity (Wildman–Crippen MR) is 132 cm³/mol. The van der Waals surface area contributed by atoms with E-state index in [-0.39, 0.29) is 29.4 Å². The Morgan fingerprint density at radius 2 is 1.83 bits per heavy atom. The second kappa shape index (κ2) is 11.7. The molecule has 0 spiro atoms. The topological polar surface area (TPSA) is 61.4 Å². The Labute approximate surface area is 193 Å². The molecule has 0 radical (unpaired) electrons. The summed E-state index contributed by atoms with van der Waals surface area (Å²) >= 11 is 0. The highest BCUT2D eigenvalue weighted by molar-refractivity contribution is 14.0. The predicted octanol–water partition coefficient (Wildman–Crippen LogP) is 2.65. The molecule has 166 valence electrons. The maximum Gasteiger partial charge on any atom is 0.191 e. The highest BCUT2D eigenvalue weighted by Crippen LogP contribution is 2.30. The largest absolute Gasteiger partial charge is 0.497 e. The maximum absolute atomic E-state index is 5.40. The number of rotatable bonds is 8. The molecule has 0 aliphatic carbocycles. The third kappa shape index (κ3) is 8.08. The molecule has 1 unspecified atom stereocenters. The molecule has 1 aromatic rings. The quantitative estimate of drug-likeness (QED) is 0.313. The molecule has 2 N–H and O–H groups in total. The lowest BCUT2D eigenvalue weighted by Crippen LogP contribution is -2.48. The first-order valence-corrected chi connectivity index (χ1v) is 9.86. The van der Waals surface area contributed by atoms with Crippen LogP contribution in [0.3, 0.4) is 0 Å². The van der Waals surface area contributed by atoms with Crippen molar-refractivity contribution in [3.8, 4) is 11.5 Å². The van der Waals surface area contributed by atoms with Crippen molar-refractivity contribution in [1.82, 2.24) is 15.5 Å². The Kier molecular flexibility index (Phi) is 10.3. The summed E-state index contributed by atoms with van der Waals surface area (Å²) in [5, 5.41) is 7.06. The average molecular weight is 519 g/mol. The zero-order valence-electron chi connectivity index (χ0n) is 18.9. The molecule has 1 aliphatic rings. The van der Waals surface area contributed by atoms with Gasteiger partial charge in [-0.15, -0.1) is 24.0 Å². The lowest BCUT2D eigenvalue weighted by atomic mass is 9.93. The molecular formula is C21H38IN5O2. The normalized spacial score (nSPS) is 17.2. The van der Waals surface area contributed by atoms with Crippen LogP contribution in [0.15, 0.2) is 23.2 Å². The van der Waals surface area contributed by atoms with E-state index in [2.05, 4.69) is 65.5 Å². The molecule has 8 heteroatoms. The summed E-state index contributed by atoms with van der Waals surface area (Å²) in [5.74, 6) is 2.49. The molecule has 1 heterocycles. The van der Waals surface area contributed by atoms with Gasteiger partial charge in [0.2, 0.25) is 0 Å². The second-order valence-corrected chi connectivity index (χ2v) is 8.47. The maximum atomic E-state index is 5.40. The van der Waals surface area contributed by atoms with Gasteiger partial charge in [0, 0.05) is 63.2 Å². The fourth-order valence-corrected chi connectivity index (χ4v) is 3.71.